The Morgan fingerprint density at radius 3 is 2.26 bits per heavy atom. The molecule has 0 radical (unpaired) electrons. The molecule has 8 heteroatoms. The number of aromatic nitrogens is 3. The Morgan fingerprint density at radius 1 is 0.857 bits per heavy atom. The third kappa shape index (κ3) is 4.67. The van der Waals surface area contributed by atoms with Gasteiger partial charge >= 0.3 is 0 Å². The molecule has 0 aliphatic heterocycles. The van der Waals surface area contributed by atoms with Gasteiger partial charge in [-0.15, -0.1) is 0 Å². The lowest BCUT2D eigenvalue weighted by Gasteiger charge is -2.07. The van der Waals surface area contributed by atoms with E-state index in [1.165, 1.54) is 12.4 Å². The van der Waals surface area contributed by atoms with Gasteiger partial charge < -0.3 is 9.88 Å². The van der Waals surface area contributed by atoms with Crippen molar-refractivity contribution in [2.24, 2.45) is 0 Å². The molecule has 5 rings (SSSR count). The predicted octanol–water partition coefficient (Wildman–Crippen LogP) is 6.27. The first-order valence-electron chi connectivity index (χ1n) is 10.7. The summed E-state index contributed by atoms with van der Waals surface area (Å²) in [4.78, 5) is 34.2. The van der Waals surface area contributed by atoms with E-state index in [0.29, 0.717) is 17.6 Å². The number of rotatable bonds is 6. The molecule has 0 atom stereocenters. The van der Waals surface area contributed by atoms with E-state index in [1.807, 2.05) is 34.9 Å². The van der Waals surface area contributed by atoms with Crippen molar-refractivity contribution >= 4 is 51.6 Å². The van der Waals surface area contributed by atoms with E-state index in [9.17, 15) is 9.59 Å². The van der Waals surface area contributed by atoms with Gasteiger partial charge in [-0.05, 0) is 28.8 Å². The Hall–Kier alpha value is -4.00. The van der Waals surface area contributed by atoms with E-state index in [0.717, 1.165) is 16.7 Å². The molecule has 5 aromatic rings. The van der Waals surface area contributed by atoms with Crippen molar-refractivity contribution in [1.82, 2.24) is 14.5 Å². The highest BCUT2D eigenvalue weighted by atomic mass is 35.5. The number of pyridine rings is 2. The molecule has 0 unspecified atom stereocenters. The van der Waals surface area contributed by atoms with Crippen LogP contribution in [-0.2, 0) is 11.3 Å². The van der Waals surface area contributed by atoms with Crippen molar-refractivity contribution in [3.63, 3.8) is 0 Å². The van der Waals surface area contributed by atoms with Gasteiger partial charge in [0.25, 0.3) is 11.7 Å². The average molecular weight is 501 g/mol. The highest BCUT2D eigenvalue weighted by Crippen LogP contribution is 2.29. The molecule has 0 saturated heterocycles. The van der Waals surface area contributed by atoms with E-state index in [-0.39, 0.29) is 21.3 Å². The monoisotopic (exact) mass is 500 g/mol. The van der Waals surface area contributed by atoms with Crippen molar-refractivity contribution in [2.45, 2.75) is 6.54 Å². The maximum Gasteiger partial charge on any atom is 0.296 e. The number of halogens is 2. The highest BCUT2D eigenvalue weighted by molar-refractivity contribution is 6.50. The summed E-state index contributed by atoms with van der Waals surface area (Å²) >= 11 is 12.2. The van der Waals surface area contributed by atoms with Gasteiger partial charge in [0.05, 0.1) is 21.3 Å². The molecule has 0 saturated carbocycles. The lowest BCUT2D eigenvalue weighted by molar-refractivity contribution is -0.112. The fourth-order valence-electron chi connectivity index (χ4n) is 3.88. The first-order valence-corrected chi connectivity index (χ1v) is 11.5. The molecule has 2 aromatic carbocycles. The van der Waals surface area contributed by atoms with Crippen molar-refractivity contribution in [3.8, 4) is 11.1 Å². The average Bonchev–Trinajstić information content (AvgIpc) is 3.25. The third-order valence-electron chi connectivity index (χ3n) is 5.59. The minimum absolute atomic E-state index is 0.140. The molecule has 6 nitrogen and oxygen atoms in total. The second-order valence-corrected chi connectivity index (χ2v) is 8.68. The van der Waals surface area contributed by atoms with Gasteiger partial charge in [0.1, 0.15) is 5.65 Å². The summed E-state index contributed by atoms with van der Waals surface area (Å²) in [5, 5.41) is 3.36. The number of benzene rings is 2. The van der Waals surface area contributed by atoms with Crippen LogP contribution in [0.25, 0.3) is 22.2 Å². The second-order valence-electron chi connectivity index (χ2n) is 7.87. The number of nitrogens with one attached hydrogen (secondary N) is 1. The topological polar surface area (TPSA) is 76.9 Å². The zero-order chi connectivity index (χ0) is 24.4. The summed E-state index contributed by atoms with van der Waals surface area (Å²) in [6.07, 6.45) is 5.99. The molecule has 172 valence electrons. The molecule has 1 amide bonds. The van der Waals surface area contributed by atoms with Gasteiger partial charge in [0.15, 0.2) is 0 Å². The van der Waals surface area contributed by atoms with E-state index in [2.05, 4.69) is 39.6 Å². The predicted molar refractivity (Wildman–Crippen MR) is 138 cm³/mol. The lowest BCUT2D eigenvalue weighted by Crippen LogP contribution is -2.23. The first-order chi connectivity index (χ1) is 17.0. The largest absolute Gasteiger partial charge is 0.327 e. The Bertz CT molecular complexity index is 1530. The zero-order valence-electron chi connectivity index (χ0n) is 18.3. The van der Waals surface area contributed by atoms with Gasteiger partial charge in [0, 0.05) is 36.7 Å². The van der Waals surface area contributed by atoms with Gasteiger partial charge in [-0.3, -0.25) is 14.6 Å². The molecule has 3 aromatic heterocycles. The Labute approximate surface area is 211 Å². The van der Waals surface area contributed by atoms with Crippen LogP contribution in [0.15, 0.2) is 91.5 Å². The van der Waals surface area contributed by atoms with Crippen LogP contribution in [-0.4, -0.2) is 26.2 Å². The summed E-state index contributed by atoms with van der Waals surface area (Å²) in [7, 11) is 0. The minimum atomic E-state index is -0.852. The summed E-state index contributed by atoms with van der Waals surface area (Å²) in [6.45, 7) is 0.486. The highest BCUT2D eigenvalue weighted by Gasteiger charge is 2.24. The molecular formula is C27H18Cl2N4O2. The van der Waals surface area contributed by atoms with Crippen molar-refractivity contribution in [2.75, 3.05) is 5.32 Å². The number of hydrogen-bond acceptors (Lipinski definition) is 4. The van der Waals surface area contributed by atoms with E-state index in [4.69, 9.17) is 23.2 Å². The number of anilines is 1. The van der Waals surface area contributed by atoms with Crippen LogP contribution in [0.3, 0.4) is 0 Å². The zero-order valence-corrected chi connectivity index (χ0v) is 19.8. The number of fused-ring (bicyclic) bond motifs is 1. The minimum Gasteiger partial charge on any atom is -0.327 e. The number of hydrogen-bond donors (Lipinski definition) is 1. The number of carbonyl (C=O) groups excluding carboxylic acids is 2. The summed E-state index contributed by atoms with van der Waals surface area (Å²) in [5.74, 6) is -1.57. The normalized spacial score (nSPS) is 10.9. The fourth-order valence-corrected chi connectivity index (χ4v) is 4.34. The van der Waals surface area contributed by atoms with Crippen molar-refractivity contribution in [1.29, 1.82) is 0 Å². The number of carbonyl (C=O) groups is 2. The summed E-state index contributed by atoms with van der Waals surface area (Å²) < 4.78 is 1.86. The van der Waals surface area contributed by atoms with Crippen LogP contribution in [0.1, 0.15) is 15.9 Å². The van der Waals surface area contributed by atoms with Crippen LogP contribution in [0.5, 0.6) is 0 Å². The van der Waals surface area contributed by atoms with Crippen LogP contribution in [0.2, 0.25) is 10.0 Å². The second kappa shape index (κ2) is 9.70. The first kappa shape index (κ1) is 22.8. The van der Waals surface area contributed by atoms with Crippen LogP contribution < -0.4 is 5.32 Å². The number of ketones is 1. The summed E-state index contributed by atoms with van der Waals surface area (Å²) in [6, 6.07) is 21.8. The van der Waals surface area contributed by atoms with Crippen molar-refractivity contribution in [3.05, 3.63) is 113 Å². The molecule has 0 fully saturated rings. The SMILES string of the molecule is O=C(Nc1c(Cl)cncc1Cl)C(=O)c1cn(Cc2ccc(-c3ccccc3)cc2)c2ncccc12. The standard InChI is InChI=1S/C27H18Cl2N4O2/c28-22-13-30-14-23(29)24(22)32-27(35)25(34)21-16-33(26-20(21)7-4-12-31-26)15-17-8-10-19(11-9-17)18-5-2-1-3-6-18/h1-14,16H,15H2,(H,30,32,35). The van der Waals surface area contributed by atoms with Gasteiger partial charge in [-0.25, -0.2) is 4.98 Å². The quantitative estimate of drug-likeness (QED) is 0.220. The van der Waals surface area contributed by atoms with Crippen LogP contribution >= 0.6 is 23.2 Å². The number of amides is 1. The smallest absolute Gasteiger partial charge is 0.296 e. The van der Waals surface area contributed by atoms with E-state index >= 15 is 0 Å². The molecule has 0 spiro atoms. The van der Waals surface area contributed by atoms with E-state index < -0.39 is 11.7 Å². The molecule has 0 aliphatic rings. The van der Waals surface area contributed by atoms with E-state index in [1.54, 1.807) is 24.5 Å². The molecule has 35 heavy (non-hydrogen) atoms. The molecule has 0 bridgehead atoms. The number of Topliss-reactive ketones (excluding diaryl/α,β-unsaturated/α-hetero) is 1. The third-order valence-corrected chi connectivity index (χ3v) is 6.16. The molecule has 0 aliphatic carbocycles. The van der Waals surface area contributed by atoms with Crippen molar-refractivity contribution < 1.29 is 9.59 Å². The molecule has 1 N–H and O–H groups in total. The van der Waals surface area contributed by atoms with Crippen LogP contribution in [0.4, 0.5) is 5.69 Å². The Morgan fingerprint density at radius 2 is 1.54 bits per heavy atom. The maximum absolute atomic E-state index is 13.1. The molecule has 3 heterocycles. The van der Waals surface area contributed by atoms with Crippen LogP contribution in [0, 0.1) is 0 Å². The Balaban J connectivity index is 1.42. The maximum atomic E-state index is 13.1. The summed E-state index contributed by atoms with van der Waals surface area (Å²) in [5.41, 5.74) is 4.28. The van der Waals surface area contributed by atoms with Gasteiger partial charge in [-0.2, -0.15) is 0 Å². The van der Waals surface area contributed by atoms with Gasteiger partial charge in [-0.1, -0.05) is 77.8 Å². The fraction of sp³-hybridized carbons (Fsp3) is 0.0370. The molecular weight excluding hydrogens is 483 g/mol. The Kier molecular flexibility index (Phi) is 6.31. The number of nitrogens with zero attached hydrogens (tertiary/aromatic N) is 3. The van der Waals surface area contributed by atoms with Gasteiger partial charge in [0.2, 0.25) is 0 Å². The lowest BCUT2D eigenvalue weighted by atomic mass is 10.0.